The lowest BCUT2D eigenvalue weighted by atomic mass is 9.93. The average molecular weight is 402 g/mol. The fourth-order valence-corrected chi connectivity index (χ4v) is 3.11. The quantitative estimate of drug-likeness (QED) is 0.409. The Kier molecular flexibility index (Phi) is 7.12. The average Bonchev–Trinajstić information content (AvgIpc) is 2.78. The first-order valence-electron chi connectivity index (χ1n) is 9.81. The van der Waals surface area contributed by atoms with Crippen molar-refractivity contribution in [2.75, 3.05) is 13.7 Å². The zero-order valence-corrected chi connectivity index (χ0v) is 17.4. The molecule has 3 rings (SSSR count). The lowest BCUT2D eigenvalue weighted by molar-refractivity contribution is -0.0979. The number of aliphatic hydroxyl groups is 1. The van der Waals surface area contributed by atoms with E-state index in [-0.39, 0.29) is 0 Å². The van der Waals surface area contributed by atoms with E-state index in [2.05, 4.69) is 4.98 Å². The lowest BCUT2D eigenvalue weighted by Crippen LogP contribution is -2.06. The molecule has 5 heteroatoms. The number of hydrogen-bond donors (Lipinski definition) is 2. The van der Waals surface area contributed by atoms with Crippen molar-refractivity contribution in [1.29, 1.82) is 5.41 Å². The Morgan fingerprint density at radius 3 is 2.37 bits per heavy atom. The maximum Gasteiger partial charge on any atom is 0.220 e. The molecule has 1 unspecified atom stereocenters. The minimum atomic E-state index is -0.967. The molecule has 1 aromatic heterocycles. The Morgan fingerprint density at radius 2 is 1.73 bits per heavy atom. The van der Waals surface area contributed by atoms with Gasteiger partial charge in [0.1, 0.15) is 0 Å². The SMILES string of the molecule is CCOC(O)c1ccc(C(=N)/C(=C\c2ccc(C)nc2OC)c2ccccc2)cc1. The van der Waals surface area contributed by atoms with Crippen LogP contribution in [-0.2, 0) is 4.74 Å². The molecule has 3 aromatic rings. The Hall–Kier alpha value is -3.28. The van der Waals surface area contributed by atoms with Gasteiger partial charge in [0.2, 0.25) is 5.88 Å². The number of nitrogens with one attached hydrogen (secondary N) is 1. The van der Waals surface area contributed by atoms with Gasteiger partial charge in [-0.15, -0.1) is 0 Å². The molecule has 0 saturated heterocycles. The van der Waals surface area contributed by atoms with Gasteiger partial charge in [-0.3, -0.25) is 5.41 Å². The van der Waals surface area contributed by atoms with E-state index >= 15 is 0 Å². The number of rotatable bonds is 8. The fraction of sp³-hybridized carbons (Fsp3) is 0.200. The maximum absolute atomic E-state index is 10.0. The van der Waals surface area contributed by atoms with E-state index in [0.717, 1.165) is 28.0 Å². The minimum Gasteiger partial charge on any atom is -0.481 e. The number of allylic oxidation sites excluding steroid dienone is 1. The van der Waals surface area contributed by atoms with Crippen molar-refractivity contribution in [3.8, 4) is 5.88 Å². The van der Waals surface area contributed by atoms with Crippen LogP contribution in [0.25, 0.3) is 11.6 Å². The summed E-state index contributed by atoms with van der Waals surface area (Å²) in [6.07, 6.45) is 0.955. The van der Waals surface area contributed by atoms with E-state index in [0.29, 0.717) is 23.8 Å². The number of methoxy groups -OCH3 is 1. The highest BCUT2D eigenvalue weighted by Gasteiger charge is 2.14. The number of benzene rings is 2. The Bertz CT molecular complexity index is 1030. The number of nitrogens with zero attached hydrogens (tertiary/aromatic N) is 1. The largest absolute Gasteiger partial charge is 0.481 e. The van der Waals surface area contributed by atoms with Gasteiger partial charge in [-0.25, -0.2) is 4.98 Å². The summed E-state index contributed by atoms with van der Waals surface area (Å²) < 4.78 is 10.7. The van der Waals surface area contributed by atoms with E-state index in [1.807, 2.05) is 74.5 Å². The number of aliphatic hydroxyl groups excluding tert-OH is 1. The Balaban J connectivity index is 2.02. The van der Waals surface area contributed by atoms with E-state index < -0.39 is 6.29 Å². The van der Waals surface area contributed by atoms with Crippen molar-refractivity contribution in [1.82, 2.24) is 4.98 Å². The molecule has 2 N–H and O–H groups in total. The minimum absolute atomic E-state index is 0.362. The van der Waals surface area contributed by atoms with E-state index in [1.165, 1.54) is 0 Å². The summed E-state index contributed by atoms with van der Waals surface area (Å²) in [7, 11) is 1.59. The van der Waals surface area contributed by atoms with Crippen molar-refractivity contribution < 1.29 is 14.6 Å². The van der Waals surface area contributed by atoms with Crippen molar-refractivity contribution in [3.63, 3.8) is 0 Å². The van der Waals surface area contributed by atoms with E-state index in [1.54, 1.807) is 19.2 Å². The molecule has 0 amide bonds. The third kappa shape index (κ3) is 5.00. The van der Waals surface area contributed by atoms with Gasteiger partial charge in [0.25, 0.3) is 0 Å². The van der Waals surface area contributed by atoms with Crippen molar-refractivity contribution in [2.45, 2.75) is 20.1 Å². The Morgan fingerprint density at radius 1 is 1.03 bits per heavy atom. The fourth-order valence-electron chi connectivity index (χ4n) is 3.11. The Labute approximate surface area is 177 Å². The monoisotopic (exact) mass is 402 g/mol. The second-order valence-electron chi connectivity index (χ2n) is 6.78. The van der Waals surface area contributed by atoms with Gasteiger partial charge in [-0.1, -0.05) is 54.6 Å². The molecular weight excluding hydrogens is 376 g/mol. The van der Waals surface area contributed by atoms with Gasteiger partial charge in [-0.05, 0) is 37.6 Å². The van der Waals surface area contributed by atoms with Crippen LogP contribution in [0.1, 0.15) is 41.2 Å². The summed E-state index contributed by atoms with van der Waals surface area (Å²) in [6.45, 7) is 4.17. The lowest BCUT2D eigenvalue weighted by Gasteiger charge is -2.14. The third-order valence-corrected chi connectivity index (χ3v) is 4.69. The molecule has 0 saturated carbocycles. The summed E-state index contributed by atoms with van der Waals surface area (Å²) in [4.78, 5) is 4.44. The zero-order valence-electron chi connectivity index (χ0n) is 17.4. The molecule has 0 spiro atoms. The van der Waals surface area contributed by atoms with Gasteiger partial charge >= 0.3 is 0 Å². The van der Waals surface area contributed by atoms with Gasteiger partial charge < -0.3 is 14.6 Å². The highest BCUT2D eigenvalue weighted by Crippen LogP contribution is 2.27. The van der Waals surface area contributed by atoms with E-state index in [4.69, 9.17) is 14.9 Å². The zero-order chi connectivity index (χ0) is 21.5. The first-order valence-corrected chi connectivity index (χ1v) is 9.81. The highest BCUT2D eigenvalue weighted by atomic mass is 16.6. The van der Waals surface area contributed by atoms with Crippen LogP contribution in [0.5, 0.6) is 5.88 Å². The number of aromatic nitrogens is 1. The molecule has 0 aliphatic heterocycles. The predicted molar refractivity (Wildman–Crippen MR) is 120 cm³/mol. The molecule has 5 nitrogen and oxygen atoms in total. The molecule has 1 heterocycles. The van der Waals surface area contributed by atoms with Crippen LogP contribution in [0.15, 0.2) is 66.7 Å². The van der Waals surface area contributed by atoms with Gasteiger partial charge in [0.05, 0.1) is 12.8 Å². The molecule has 154 valence electrons. The predicted octanol–water partition coefficient (Wildman–Crippen LogP) is 5.03. The van der Waals surface area contributed by atoms with Crippen LogP contribution in [0.4, 0.5) is 0 Å². The van der Waals surface area contributed by atoms with Crippen LogP contribution < -0.4 is 4.74 Å². The smallest absolute Gasteiger partial charge is 0.220 e. The van der Waals surface area contributed by atoms with Crippen molar-refractivity contribution in [2.24, 2.45) is 0 Å². The highest BCUT2D eigenvalue weighted by molar-refractivity contribution is 6.33. The van der Waals surface area contributed by atoms with Gasteiger partial charge in [0.15, 0.2) is 6.29 Å². The number of hydrogen-bond acceptors (Lipinski definition) is 5. The molecule has 0 radical (unpaired) electrons. The molecule has 1 atom stereocenters. The molecular formula is C25H26N2O3. The standard InChI is InChI=1S/C25H26N2O3/c1-4-30-25(28)20-14-12-19(13-15-20)23(26)22(18-8-6-5-7-9-18)16-21-11-10-17(2)27-24(21)29-3/h5-16,25-26,28H,4H2,1-3H3/b22-16-,26-23?. The summed E-state index contributed by atoms with van der Waals surface area (Å²) >= 11 is 0. The maximum atomic E-state index is 10.0. The first-order chi connectivity index (χ1) is 14.5. The second-order valence-corrected chi connectivity index (χ2v) is 6.78. The van der Waals surface area contributed by atoms with Crippen LogP contribution in [0.3, 0.4) is 0 Å². The molecule has 0 aliphatic carbocycles. The molecule has 0 aliphatic rings. The van der Waals surface area contributed by atoms with Crippen LogP contribution in [0.2, 0.25) is 0 Å². The number of aryl methyl sites for hydroxylation is 1. The summed E-state index contributed by atoms with van der Waals surface area (Å²) in [6, 6.07) is 20.9. The molecule has 2 aromatic carbocycles. The van der Waals surface area contributed by atoms with Crippen LogP contribution in [0, 0.1) is 12.3 Å². The van der Waals surface area contributed by atoms with Gasteiger partial charge in [0, 0.05) is 34.6 Å². The van der Waals surface area contributed by atoms with Crippen LogP contribution in [-0.4, -0.2) is 29.5 Å². The van der Waals surface area contributed by atoms with Crippen molar-refractivity contribution >= 4 is 17.4 Å². The number of pyridine rings is 1. The van der Waals surface area contributed by atoms with Gasteiger partial charge in [-0.2, -0.15) is 0 Å². The normalized spacial score (nSPS) is 12.5. The second kappa shape index (κ2) is 9.96. The van der Waals surface area contributed by atoms with Crippen LogP contribution >= 0.6 is 0 Å². The molecule has 0 fully saturated rings. The summed E-state index contributed by atoms with van der Waals surface area (Å²) in [5.41, 5.74) is 5.08. The third-order valence-electron chi connectivity index (χ3n) is 4.69. The summed E-state index contributed by atoms with van der Waals surface area (Å²) in [5, 5.41) is 18.9. The molecule has 30 heavy (non-hydrogen) atoms. The van der Waals surface area contributed by atoms with Crippen molar-refractivity contribution in [3.05, 3.63) is 94.7 Å². The number of ether oxygens (including phenoxy) is 2. The van der Waals surface area contributed by atoms with E-state index in [9.17, 15) is 5.11 Å². The topological polar surface area (TPSA) is 75.4 Å². The molecule has 0 bridgehead atoms. The summed E-state index contributed by atoms with van der Waals surface area (Å²) in [5.74, 6) is 0.520. The first kappa shape index (κ1) is 21.4.